The third-order valence-electron chi connectivity index (χ3n) is 4.00. The minimum Gasteiger partial charge on any atom is -0.364 e. The highest BCUT2D eigenvalue weighted by molar-refractivity contribution is 14.0. The second-order valence-corrected chi connectivity index (χ2v) is 7.79. The maximum atomic E-state index is 12.6. The Bertz CT molecular complexity index is 689. The summed E-state index contributed by atoms with van der Waals surface area (Å²) in [6.07, 6.45) is 2.16. The molecule has 1 aromatic heterocycles. The van der Waals surface area contributed by atoms with Gasteiger partial charge in [0, 0.05) is 32.2 Å². The van der Waals surface area contributed by atoms with Gasteiger partial charge in [-0.3, -0.25) is 0 Å². The molecule has 1 aliphatic heterocycles. The summed E-state index contributed by atoms with van der Waals surface area (Å²) >= 11 is 0. The number of aromatic nitrogens is 1. The lowest BCUT2D eigenvalue weighted by atomic mass is 9.98. The molecule has 0 radical (unpaired) electrons. The molecule has 1 aliphatic rings. The molecular weight excluding hydrogens is 502 g/mol. The molecule has 0 saturated carbocycles. The highest BCUT2D eigenvalue weighted by Gasteiger charge is 2.50. The van der Waals surface area contributed by atoms with Crippen LogP contribution in [0.3, 0.4) is 0 Å². The molecule has 0 aromatic carbocycles. The molecule has 0 atom stereocenters. The van der Waals surface area contributed by atoms with Crippen molar-refractivity contribution in [2.45, 2.75) is 31.8 Å². The molecule has 156 valence electrons. The van der Waals surface area contributed by atoms with E-state index < -0.39 is 15.5 Å². The molecule has 1 aromatic rings. The molecule has 1 saturated heterocycles. The first-order chi connectivity index (χ1) is 12.2. The average molecular weight is 525 g/mol. The summed E-state index contributed by atoms with van der Waals surface area (Å²) in [5.41, 5.74) is -4.57. The second kappa shape index (κ2) is 10.5. The van der Waals surface area contributed by atoms with Crippen molar-refractivity contribution < 1.29 is 26.1 Å². The van der Waals surface area contributed by atoms with Crippen LogP contribution in [0.2, 0.25) is 0 Å². The Morgan fingerprint density at radius 2 is 2.04 bits per heavy atom. The van der Waals surface area contributed by atoms with E-state index in [9.17, 15) is 21.6 Å². The average Bonchev–Trinajstić information content (AvgIpc) is 3.10. The van der Waals surface area contributed by atoms with Crippen LogP contribution in [0.4, 0.5) is 13.2 Å². The summed E-state index contributed by atoms with van der Waals surface area (Å²) in [7, 11) is -5.24. The Morgan fingerprint density at radius 1 is 1.37 bits per heavy atom. The highest BCUT2D eigenvalue weighted by atomic mass is 127. The molecular formula is C14H23F3IN5O3S. The largest absolute Gasteiger partial charge is 0.511 e. The standard InChI is InChI=1S/C14H22F3N5O3S.HI/c1-2-18-13(20-10-12-5-8-25-21-12)19-9-11-3-6-22(7-4-11)26(23,24)14(15,16)17;/h5,8,11H,2-4,6-7,9-10H2,1H3,(H2,18,19,20);1H. The minimum absolute atomic E-state index is 0. The minimum atomic E-state index is -5.25. The van der Waals surface area contributed by atoms with Gasteiger partial charge in [0.1, 0.15) is 12.0 Å². The van der Waals surface area contributed by atoms with Gasteiger partial charge in [-0.1, -0.05) is 5.16 Å². The van der Waals surface area contributed by atoms with Crippen molar-refractivity contribution in [3.63, 3.8) is 0 Å². The number of alkyl halides is 3. The van der Waals surface area contributed by atoms with Gasteiger partial charge in [0.2, 0.25) is 0 Å². The molecule has 0 amide bonds. The van der Waals surface area contributed by atoms with Gasteiger partial charge >= 0.3 is 15.5 Å². The Hall–Kier alpha value is -1.09. The zero-order valence-electron chi connectivity index (χ0n) is 14.7. The normalized spacial score (nSPS) is 17.4. The number of aliphatic imine (C=N–C) groups is 1. The number of sulfonamides is 1. The van der Waals surface area contributed by atoms with Crippen LogP contribution < -0.4 is 10.6 Å². The molecule has 2 rings (SSSR count). The summed E-state index contributed by atoms with van der Waals surface area (Å²) < 4.78 is 65.8. The number of piperidine rings is 1. The molecule has 0 aliphatic carbocycles. The van der Waals surface area contributed by atoms with Crippen molar-refractivity contribution in [3.05, 3.63) is 18.0 Å². The van der Waals surface area contributed by atoms with Gasteiger partial charge in [0.05, 0.1) is 6.54 Å². The number of hydrogen-bond acceptors (Lipinski definition) is 5. The lowest BCUT2D eigenvalue weighted by Crippen LogP contribution is -2.47. The van der Waals surface area contributed by atoms with Crippen molar-refractivity contribution in [2.24, 2.45) is 10.9 Å². The fraction of sp³-hybridized carbons (Fsp3) is 0.714. The topological polar surface area (TPSA) is 99.8 Å². The van der Waals surface area contributed by atoms with E-state index >= 15 is 0 Å². The molecule has 0 bridgehead atoms. The number of rotatable bonds is 6. The molecule has 2 heterocycles. The van der Waals surface area contributed by atoms with E-state index in [4.69, 9.17) is 4.52 Å². The van der Waals surface area contributed by atoms with Gasteiger partial charge in [0.15, 0.2) is 5.96 Å². The van der Waals surface area contributed by atoms with E-state index in [0.717, 1.165) is 0 Å². The maximum Gasteiger partial charge on any atom is 0.511 e. The third kappa shape index (κ3) is 6.78. The fourth-order valence-corrected chi connectivity index (χ4v) is 3.55. The number of hydrogen-bond donors (Lipinski definition) is 2. The van der Waals surface area contributed by atoms with Crippen LogP contribution in [0.1, 0.15) is 25.5 Å². The Balaban J connectivity index is 0.00000364. The van der Waals surface area contributed by atoms with E-state index in [1.165, 1.54) is 6.26 Å². The van der Waals surface area contributed by atoms with E-state index in [1.807, 2.05) is 6.92 Å². The number of nitrogens with zero attached hydrogens (tertiary/aromatic N) is 3. The van der Waals surface area contributed by atoms with Gasteiger partial charge in [-0.15, -0.1) is 24.0 Å². The van der Waals surface area contributed by atoms with E-state index in [2.05, 4.69) is 20.8 Å². The van der Waals surface area contributed by atoms with Crippen LogP contribution in [-0.2, 0) is 16.6 Å². The zero-order chi connectivity index (χ0) is 19.2. The van der Waals surface area contributed by atoms with E-state index in [-0.39, 0.29) is 43.0 Å². The van der Waals surface area contributed by atoms with Crippen LogP contribution in [0.15, 0.2) is 21.8 Å². The zero-order valence-corrected chi connectivity index (χ0v) is 17.8. The SMILES string of the molecule is CCNC(=NCc1ccon1)NCC1CCN(S(=O)(=O)C(F)(F)F)CC1.I. The predicted molar refractivity (Wildman–Crippen MR) is 104 cm³/mol. The summed E-state index contributed by atoms with van der Waals surface area (Å²) in [4.78, 5) is 4.34. The van der Waals surface area contributed by atoms with Crippen molar-refractivity contribution in [3.8, 4) is 0 Å². The van der Waals surface area contributed by atoms with Gasteiger partial charge in [-0.25, -0.2) is 13.4 Å². The highest BCUT2D eigenvalue weighted by Crippen LogP contribution is 2.30. The maximum absolute atomic E-state index is 12.6. The van der Waals surface area contributed by atoms with Gasteiger partial charge < -0.3 is 15.2 Å². The quantitative estimate of drug-likeness (QED) is 0.335. The third-order valence-corrected chi connectivity index (χ3v) is 5.63. The first kappa shape index (κ1) is 23.9. The summed E-state index contributed by atoms with van der Waals surface area (Å²) in [6.45, 7) is 3.10. The summed E-state index contributed by atoms with van der Waals surface area (Å²) in [5, 5.41) is 9.95. The smallest absolute Gasteiger partial charge is 0.364 e. The summed E-state index contributed by atoms with van der Waals surface area (Å²) in [5.74, 6) is 0.617. The predicted octanol–water partition coefficient (Wildman–Crippen LogP) is 1.91. The molecule has 13 heteroatoms. The van der Waals surface area contributed by atoms with Crippen molar-refractivity contribution in [1.29, 1.82) is 0 Å². The Labute approximate surface area is 173 Å². The molecule has 8 nitrogen and oxygen atoms in total. The van der Waals surface area contributed by atoms with Gasteiger partial charge in [0.25, 0.3) is 0 Å². The Morgan fingerprint density at radius 3 is 2.56 bits per heavy atom. The van der Waals surface area contributed by atoms with E-state index in [0.29, 0.717) is 48.4 Å². The second-order valence-electron chi connectivity index (χ2n) is 5.86. The van der Waals surface area contributed by atoms with E-state index in [1.54, 1.807) is 6.07 Å². The first-order valence-electron chi connectivity index (χ1n) is 8.22. The molecule has 2 N–H and O–H groups in total. The Kier molecular flexibility index (Phi) is 9.27. The molecule has 0 unspecified atom stereocenters. The van der Waals surface area contributed by atoms with Crippen molar-refractivity contribution in [1.82, 2.24) is 20.1 Å². The first-order valence-corrected chi connectivity index (χ1v) is 9.66. The molecule has 1 fully saturated rings. The number of halogens is 4. The van der Waals surface area contributed by atoms with Crippen LogP contribution in [0.5, 0.6) is 0 Å². The lowest BCUT2D eigenvalue weighted by molar-refractivity contribution is -0.0496. The fourth-order valence-electron chi connectivity index (χ4n) is 2.56. The van der Waals surface area contributed by atoms with Crippen molar-refractivity contribution in [2.75, 3.05) is 26.2 Å². The summed E-state index contributed by atoms with van der Waals surface area (Å²) in [6, 6.07) is 1.70. The molecule has 27 heavy (non-hydrogen) atoms. The van der Waals surface area contributed by atoms with Gasteiger partial charge in [-0.2, -0.15) is 17.5 Å². The van der Waals surface area contributed by atoms with Crippen molar-refractivity contribution >= 4 is 40.0 Å². The van der Waals surface area contributed by atoms with Crippen LogP contribution in [0.25, 0.3) is 0 Å². The number of nitrogens with one attached hydrogen (secondary N) is 2. The van der Waals surface area contributed by atoms with Crippen LogP contribution in [0, 0.1) is 5.92 Å². The van der Waals surface area contributed by atoms with Crippen LogP contribution in [-0.4, -0.2) is 55.5 Å². The lowest BCUT2D eigenvalue weighted by Gasteiger charge is -2.31. The number of guanidine groups is 1. The van der Waals surface area contributed by atoms with Gasteiger partial charge in [-0.05, 0) is 25.7 Å². The monoisotopic (exact) mass is 525 g/mol. The van der Waals surface area contributed by atoms with Crippen LogP contribution >= 0.6 is 24.0 Å². The molecule has 0 spiro atoms.